The molecule has 0 saturated heterocycles. The summed E-state index contributed by atoms with van der Waals surface area (Å²) in [4.78, 5) is 22.9. The van der Waals surface area contributed by atoms with Gasteiger partial charge in [-0.05, 0) is 25.5 Å². The van der Waals surface area contributed by atoms with Crippen LogP contribution in [0.25, 0.3) is 0 Å². The van der Waals surface area contributed by atoms with Gasteiger partial charge in [-0.1, -0.05) is 15.9 Å². The number of esters is 1. The summed E-state index contributed by atoms with van der Waals surface area (Å²) in [7, 11) is 1.22. The van der Waals surface area contributed by atoms with E-state index in [1.54, 1.807) is 19.9 Å². The number of aryl methyl sites for hydroxylation is 1. The normalized spacial score (nSPS) is 10.1. The predicted molar refractivity (Wildman–Crippen MR) is 66.2 cm³/mol. The molecule has 0 aliphatic rings. The number of halogens is 1. The molecule has 0 aromatic heterocycles. The molecule has 92 valence electrons. The average Bonchev–Trinajstić information content (AvgIpc) is 2.25. The van der Waals surface area contributed by atoms with Crippen LogP contribution in [-0.2, 0) is 9.53 Å². The summed E-state index contributed by atoms with van der Waals surface area (Å²) in [5, 5.41) is 9.91. The van der Waals surface area contributed by atoms with Gasteiger partial charge >= 0.3 is 5.97 Å². The molecule has 5 heteroatoms. The van der Waals surface area contributed by atoms with Gasteiger partial charge in [0, 0.05) is 10.0 Å². The van der Waals surface area contributed by atoms with Crippen molar-refractivity contribution in [2.75, 3.05) is 7.11 Å². The molecule has 0 aliphatic carbocycles. The lowest BCUT2D eigenvalue weighted by Gasteiger charge is -2.11. The lowest BCUT2D eigenvalue weighted by molar-refractivity contribution is -0.139. The molecule has 0 amide bonds. The van der Waals surface area contributed by atoms with Crippen LogP contribution in [0.4, 0.5) is 0 Å². The molecule has 0 bridgehead atoms. The molecule has 1 aromatic rings. The molecule has 0 heterocycles. The van der Waals surface area contributed by atoms with E-state index in [0.29, 0.717) is 11.1 Å². The van der Waals surface area contributed by atoms with E-state index in [2.05, 4.69) is 20.7 Å². The first kappa shape index (κ1) is 13.7. The molecule has 0 radical (unpaired) electrons. The Morgan fingerprint density at radius 3 is 2.53 bits per heavy atom. The lowest BCUT2D eigenvalue weighted by atomic mass is 9.98. The van der Waals surface area contributed by atoms with Gasteiger partial charge in [-0.3, -0.25) is 9.59 Å². The Hall–Kier alpha value is -1.36. The summed E-state index contributed by atoms with van der Waals surface area (Å²) in [6.07, 6.45) is -0.369. The maximum atomic E-state index is 11.8. The highest BCUT2D eigenvalue weighted by Crippen LogP contribution is 2.32. The van der Waals surface area contributed by atoms with Gasteiger partial charge in [-0.2, -0.15) is 0 Å². The van der Waals surface area contributed by atoms with Crippen LogP contribution >= 0.6 is 15.9 Å². The second kappa shape index (κ2) is 5.31. The minimum absolute atomic E-state index is 0.0919. The van der Waals surface area contributed by atoms with Gasteiger partial charge in [-0.15, -0.1) is 0 Å². The Balaban J connectivity index is 3.18. The Morgan fingerprint density at radius 1 is 1.41 bits per heavy atom. The van der Waals surface area contributed by atoms with E-state index in [1.807, 2.05) is 0 Å². The van der Waals surface area contributed by atoms with E-state index in [0.717, 1.165) is 4.47 Å². The number of carbonyl (C=O) groups is 2. The molecule has 1 rings (SSSR count). The minimum atomic E-state index is -0.616. The van der Waals surface area contributed by atoms with Gasteiger partial charge in [0.15, 0.2) is 5.78 Å². The third-order valence-corrected chi connectivity index (χ3v) is 3.32. The van der Waals surface area contributed by atoms with Crippen molar-refractivity contribution in [3.05, 3.63) is 27.2 Å². The number of rotatable bonds is 3. The van der Waals surface area contributed by atoms with E-state index in [9.17, 15) is 14.7 Å². The van der Waals surface area contributed by atoms with Crippen molar-refractivity contribution in [2.24, 2.45) is 0 Å². The highest BCUT2D eigenvalue weighted by Gasteiger charge is 2.20. The number of aromatic hydroxyl groups is 1. The first-order valence-electron chi connectivity index (χ1n) is 4.97. The quantitative estimate of drug-likeness (QED) is 0.529. The molecule has 0 fully saturated rings. The van der Waals surface area contributed by atoms with Crippen molar-refractivity contribution in [1.82, 2.24) is 0 Å². The largest absolute Gasteiger partial charge is 0.507 e. The summed E-state index contributed by atoms with van der Waals surface area (Å²) in [6, 6.07) is 1.74. The van der Waals surface area contributed by atoms with E-state index < -0.39 is 11.8 Å². The standard InChI is InChI=1S/C12H13BrO4/c1-6-4-8(13)7(2)12(16)11(6)9(14)5-10(15)17-3/h4,16H,5H2,1-3H3. The van der Waals surface area contributed by atoms with Crippen molar-refractivity contribution in [1.29, 1.82) is 0 Å². The van der Waals surface area contributed by atoms with E-state index in [4.69, 9.17) is 0 Å². The molecule has 0 aliphatic heterocycles. The zero-order chi connectivity index (χ0) is 13.2. The lowest BCUT2D eigenvalue weighted by Crippen LogP contribution is -2.11. The number of Topliss-reactive ketones (excluding diaryl/α,β-unsaturated/α-hetero) is 1. The fourth-order valence-corrected chi connectivity index (χ4v) is 2.03. The van der Waals surface area contributed by atoms with Crippen LogP contribution in [0, 0.1) is 13.8 Å². The zero-order valence-electron chi connectivity index (χ0n) is 9.83. The topological polar surface area (TPSA) is 63.6 Å². The van der Waals surface area contributed by atoms with E-state index in [-0.39, 0.29) is 17.7 Å². The Labute approximate surface area is 108 Å². The van der Waals surface area contributed by atoms with Crippen molar-refractivity contribution in [2.45, 2.75) is 20.3 Å². The highest BCUT2D eigenvalue weighted by atomic mass is 79.9. The Kier molecular flexibility index (Phi) is 4.28. The predicted octanol–water partition coefficient (Wildman–Crippen LogP) is 2.52. The van der Waals surface area contributed by atoms with Gasteiger partial charge in [0.25, 0.3) is 0 Å². The van der Waals surface area contributed by atoms with Crippen LogP contribution in [0.15, 0.2) is 10.5 Å². The average molecular weight is 301 g/mol. The van der Waals surface area contributed by atoms with Gasteiger partial charge in [0.05, 0.1) is 12.7 Å². The molecule has 4 nitrogen and oxygen atoms in total. The summed E-state index contributed by atoms with van der Waals surface area (Å²) < 4.78 is 5.15. The van der Waals surface area contributed by atoms with Gasteiger partial charge in [-0.25, -0.2) is 0 Å². The molecular formula is C12H13BrO4. The van der Waals surface area contributed by atoms with Crippen LogP contribution in [-0.4, -0.2) is 24.0 Å². The fraction of sp³-hybridized carbons (Fsp3) is 0.333. The molecule has 0 saturated carbocycles. The number of ketones is 1. The van der Waals surface area contributed by atoms with Gasteiger partial charge in [0.1, 0.15) is 12.2 Å². The molecule has 0 atom stereocenters. The molecule has 0 unspecified atom stereocenters. The third kappa shape index (κ3) is 2.85. The van der Waals surface area contributed by atoms with Crippen LogP contribution in [0.3, 0.4) is 0 Å². The molecular weight excluding hydrogens is 288 g/mol. The van der Waals surface area contributed by atoms with E-state index >= 15 is 0 Å². The number of carbonyl (C=O) groups excluding carboxylic acids is 2. The smallest absolute Gasteiger partial charge is 0.313 e. The number of hydrogen-bond acceptors (Lipinski definition) is 4. The van der Waals surface area contributed by atoms with Gasteiger partial charge < -0.3 is 9.84 Å². The minimum Gasteiger partial charge on any atom is -0.507 e. The number of benzene rings is 1. The van der Waals surface area contributed by atoms with Crippen molar-refractivity contribution < 1.29 is 19.4 Å². The SMILES string of the molecule is COC(=O)CC(=O)c1c(C)cc(Br)c(C)c1O. The Morgan fingerprint density at radius 2 is 2.00 bits per heavy atom. The van der Waals surface area contributed by atoms with Crippen LogP contribution in [0.5, 0.6) is 5.75 Å². The molecule has 17 heavy (non-hydrogen) atoms. The van der Waals surface area contributed by atoms with Gasteiger partial charge in [0.2, 0.25) is 0 Å². The van der Waals surface area contributed by atoms with Crippen molar-refractivity contribution in [3.8, 4) is 5.75 Å². The molecule has 1 aromatic carbocycles. The Bertz CT molecular complexity index is 480. The maximum Gasteiger partial charge on any atom is 0.313 e. The molecule has 1 N–H and O–H groups in total. The van der Waals surface area contributed by atoms with Crippen LogP contribution in [0.2, 0.25) is 0 Å². The number of ether oxygens (including phenoxy) is 1. The summed E-state index contributed by atoms with van der Waals surface area (Å²) in [5.41, 5.74) is 1.37. The van der Waals surface area contributed by atoms with Crippen LogP contribution < -0.4 is 0 Å². The number of phenols is 1. The third-order valence-electron chi connectivity index (χ3n) is 2.50. The number of phenolic OH excluding ortho intramolecular Hbond substituents is 1. The summed E-state index contributed by atoms with van der Waals surface area (Å²) >= 11 is 3.28. The van der Waals surface area contributed by atoms with Crippen molar-refractivity contribution >= 4 is 27.7 Å². The second-order valence-electron chi connectivity index (χ2n) is 3.70. The number of hydrogen-bond donors (Lipinski definition) is 1. The first-order valence-corrected chi connectivity index (χ1v) is 5.76. The zero-order valence-corrected chi connectivity index (χ0v) is 11.4. The highest BCUT2D eigenvalue weighted by molar-refractivity contribution is 9.10. The number of methoxy groups -OCH3 is 1. The second-order valence-corrected chi connectivity index (χ2v) is 4.55. The van der Waals surface area contributed by atoms with E-state index in [1.165, 1.54) is 7.11 Å². The van der Waals surface area contributed by atoms with Crippen LogP contribution in [0.1, 0.15) is 27.9 Å². The van der Waals surface area contributed by atoms with Crippen molar-refractivity contribution in [3.63, 3.8) is 0 Å². The maximum absolute atomic E-state index is 11.8. The summed E-state index contributed by atoms with van der Waals surface area (Å²) in [6.45, 7) is 3.39. The first-order chi connectivity index (χ1) is 7.88. The summed E-state index contributed by atoms with van der Waals surface area (Å²) in [5.74, 6) is -1.15. The molecule has 0 spiro atoms. The fourth-order valence-electron chi connectivity index (χ4n) is 1.50. The monoisotopic (exact) mass is 300 g/mol.